The lowest BCUT2D eigenvalue weighted by molar-refractivity contribution is 0.395. The second-order valence-electron chi connectivity index (χ2n) is 3.34. The predicted molar refractivity (Wildman–Crippen MR) is 64.9 cm³/mol. The normalized spacial score (nSPS) is 10.2. The molecule has 0 saturated carbocycles. The van der Waals surface area contributed by atoms with Gasteiger partial charge in [-0.3, -0.25) is 0 Å². The van der Waals surface area contributed by atoms with E-state index in [1.807, 2.05) is 0 Å². The number of nitrogens with zero attached hydrogens (tertiary/aromatic N) is 1. The molecule has 1 aromatic heterocycles. The van der Waals surface area contributed by atoms with Crippen LogP contribution < -0.4 is 9.47 Å². The van der Waals surface area contributed by atoms with E-state index in [-0.39, 0.29) is 11.6 Å². The molecule has 0 bridgehead atoms. The molecule has 0 aliphatic carbocycles. The summed E-state index contributed by atoms with van der Waals surface area (Å²) in [5.74, 6) is -1.60. The van der Waals surface area contributed by atoms with Crippen LogP contribution in [0.15, 0.2) is 34.9 Å². The van der Waals surface area contributed by atoms with Crippen LogP contribution in [-0.4, -0.2) is 12.1 Å². The van der Waals surface area contributed by atoms with E-state index in [2.05, 4.69) is 20.9 Å². The number of rotatable bonds is 3. The Morgan fingerprint density at radius 1 is 1.22 bits per heavy atom. The lowest BCUT2D eigenvalue weighted by Gasteiger charge is -2.07. The molecular weight excluding hydrogens is 308 g/mol. The third-order valence-electron chi connectivity index (χ3n) is 2.12. The molecule has 0 aliphatic rings. The van der Waals surface area contributed by atoms with Crippen LogP contribution in [0.3, 0.4) is 0 Å². The smallest absolute Gasteiger partial charge is 0.219 e. The van der Waals surface area contributed by atoms with Gasteiger partial charge in [0.1, 0.15) is 5.75 Å². The van der Waals surface area contributed by atoms with Gasteiger partial charge in [0, 0.05) is 10.5 Å². The number of ether oxygens (including phenoxy) is 2. The second kappa shape index (κ2) is 5.30. The lowest BCUT2D eigenvalue weighted by Crippen LogP contribution is -1.94. The summed E-state index contributed by atoms with van der Waals surface area (Å²) < 4.78 is 37.0. The summed E-state index contributed by atoms with van der Waals surface area (Å²) in [4.78, 5) is 3.89. The highest BCUT2D eigenvalue weighted by atomic mass is 79.9. The van der Waals surface area contributed by atoms with Gasteiger partial charge in [0.2, 0.25) is 11.7 Å². The Balaban J connectivity index is 2.27. The van der Waals surface area contributed by atoms with Crippen LogP contribution >= 0.6 is 15.9 Å². The SMILES string of the molecule is COc1ccc(Oc2cc(Br)cc(F)c2F)nc1. The van der Waals surface area contributed by atoms with Crippen molar-refractivity contribution in [2.45, 2.75) is 0 Å². The molecule has 6 heteroatoms. The summed E-state index contributed by atoms with van der Waals surface area (Å²) >= 11 is 3.06. The van der Waals surface area contributed by atoms with E-state index in [1.165, 1.54) is 25.4 Å². The number of halogens is 3. The largest absolute Gasteiger partial charge is 0.495 e. The number of hydrogen-bond donors (Lipinski definition) is 0. The van der Waals surface area contributed by atoms with Crippen molar-refractivity contribution in [2.75, 3.05) is 7.11 Å². The van der Waals surface area contributed by atoms with Crippen molar-refractivity contribution in [1.82, 2.24) is 4.98 Å². The van der Waals surface area contributed by atoms with Gasteiger partial charge >= 0.3 is 0 Å². The first kappa shape index (κ1) is 12.8. The Kier molecular flexibility index (Phi) is 3.76. The average Bonchev–Trinajstić information content (AvgIpc) is 2.36. The first-order valence-electron chi connectivity index (χ1n) is 4.92. The fourth-order valence-electron chi connectivity index (χ4n) is 1.27. The molecule has 2 rings (SSSR count). The number of benzene rings is 1. The van der Waals surface area contributed by atoms with Gasteiger partial charge in [0.25, 0.3) is 0 Å². The van der Waals surface area contributed by atoms with Crippen molar-refractivity contribution in [3.63, 3.8) is 0 Å². The Labute approximate surface area is 110 Å². The monoisotopic (exact) mass is 315 g/mol. The van der Waals surface area contributed by atoms with E-state index in [0.29, 0.717) is 10.2 Å². The molecule has 2 aromatic rings. The molecule has 0 amide bonds. The molecule has 0 fully saturated rings. The van der Waals surface area contributed by atoms with Crippen molar-refractivity contribution in [1.29, 1.82) is 0 Å². The summed E-state index contributed by atoms with van der Waals surface area (Å²) in [6.45, 7) is 0. The molecule has 18 heavy (non-hydrogen) atoms. The van der Waals surface area contributed by atoms with Crippen LogP contribution in [0.1, 0.15) is 0 Å². The maximum absolute atomic E-state index is 13.4. The first-order valence-corrected chi connectivity index (χ1v) is 5.72. The van der Waals surface area contributed by atoms with Gasteiger partial charge in [-0.1, -0.05) is 15.9 Å². The van der Waals surface area contributed by atoms with Crippen molar-refractivity contribution < 1.29 is 18.3 Å². The zero-order valence-corrected chi connectivity index (χ0v) is 10.9. The minimum Gasteiger partial charge on any atom is -0.495 e. The average molecular weight is 316 g/mol. The predicted octanol–water partition coefficient (Wildman–Crippen LogP) is 3.92. The van der Waals surface area contributed by atoms with Crippen LogP contribution in [0.2, 0.25) is 0 Å². The van der Waals surface area contributed by atoms with Gasteiger partial charge in [-0.2, -0.15) is 4.39 Å². The van der Waals surface area contributed by atoms with Crippen LogP contribution in [0.25, 0.3) is 0 Å². The van der Waals surface area contributed by atoms with Crippen molar-refractivity contribution in [3.8, 4) is 17.4 Å². The topological polar surface area (TPSA) is 31.4 Å². The Bertz CT molecular complexity index is 561. The van der Waals surface area contributed by atoms with Gasteiger partial charge in [-0.05, 0) is 18.2 Å². The first-order chi connectivity index (χ1) is 8.60. The summed E-state index contributed by atoms with van der Waals surface area (Å²) in [6, 6.07) is 5.44. The highest BCUT2D eigenvalue weighted by Gasteiger charge is 2.12. The Morgan fingerprint density at radius 2 is 2.00 bits per heavy atom. The standard InChI is InChI=1S/C12H8BrF2NO2/c1-17-8-2-3-11(16-6-8)18-10-5-7(13)4-9(14)12(10)15/h2-6H,1H3. The third kappa shape index (κ3) is 2.76. The van der Waals surface area contributed by atoms with Crippen molar-refractivity contribution in [3.05, 3.63) is 46.6 Å². The summed E-state index contributed by atoms with van der Waals surface area (Å²) in [6.07, 6.45) is 1.42. The Hall–Kier alpha value is -1.69. The molecule has 0 spiro atoms. The fourth-order valence-corrected chi connectivity index (χ4v) is 1.68. The fraction of sp³-hybridized carbons (Fsp3) is 0.0833. The molecule has 0 atom stereocenters. The van der Waals surface area contributed by atoms with E-state index < -0.39 is 11.6 Å². The van der Waals surface area contributed by atoms with E-state index in [4.69, 9.17) is 9.47 Å². The molecule has 3 nitrogen and oxygen atoms in total. The van der Waals surface area contributed by atoms with E-state index in [1.54, 1.807) is 6.07 Å². The number of aromatic nitrogens is 1. The van der Waals surface area contributed by atoms with E-state index in [9.17, 15) is 8.78 Å². The maximum atomic E-state index is 13.4. The summed E-state index contributed by atoms with van der Waals surface area (Å²) in [5.41, 5.74) is 0. The second-order valence-corrected chi connectivity index (χ2v) is 4.25. The van der Waals surface area contributed by atoms with Crippen LogP contribution in [0.4, 0.5) is 8.78 Å². The zero-order valence-electron chi connectivity index (χ0n) is 9.28. The van der Waals surface area contributed by atoms with Gasteiger partial charge < -0.3 is 9.47 Å². The van der Waals surface area contributed by atoms with Gasteiger partial charge in [-0.25, -0.2) is 9.37 Å². The molecule has 94 valence electrons. The van der Waals surface area contributed by atoms with Crippen LogP contribution in [0.5, 0.6) is 17.4 Å². The van der Waals surface area contributed by atoms with Crippen LogP contribution in [0, 0.1) is 11.6 Å². The zero-order chi connectivity index (χ0) is 13.1. The Morgan fingerprint density at radius 3 is 2.61 bits per heavy atom. The van der Waals surface area contributed by atoms with Crippen molar-refractivity contribution >= 4 is 15.9 Å². The van der Waals surface area contributed by atoms with Gasteiger partial charge in [0.05, 0.1) is 13.3 Å². The molecule has 0 N–H and O–H groups in total. The van der Waals surface area contributed by atoms with Crippen molar-refractivity contribution in [2.24, 2.45) is 0 Å². The third-order valence-corrected chi connectivity index (χ3v) is 2.58. The molecular formula is C12H8BrF2NO2. The molecule has 1 heterocycles. The number of hydrogen-bond acceptors (Lipinski definition) is 3. The quantitative estimate of drug-likeness (QED) is 0.804. The molecule has 0 aliphatic heterocycles. The number of pyridine rings is 1. The highest BCUT2D eigenvalue weighted by molar-refractivity contribution is 9.10. The number of methoxy groups -OCH3 is 1. The molecule has 1 aromatic carbocycles. The molecule has 0 radical (unpaired) electrons. The van der Waals surface area contributed by atoms with Crippen LogP contribution in [-0.2, 0) is 0 Å². The van der Waals surface area contributed by atoms with E-state index >= 15 is 0 Å². The molecule has 0 unspecified atom stereocenters. The maximum Gasteiger partial charge on any atom is 0.219 e. The van der Waals surface area contributed by atoms with Gasteiger partial charge in [-0.15, -0.1) is 0 Å². The minimum atomic E-state index is -1.06. The molecule has 0 saturated heterocycles. The minimum absolute atomic E-state index is 0.146. The summed E-state index contributed by atoms with van der Waals surface area (Å²) in [5, 5.41) is 0. The summed E-state index contributed by atoms with van der Waals surface area (Å²) in [7, 11) is 1.50. The lowest BCUT2D eigenvalue weighted by atomic mass is 10.3. The van der Waals surface area contributed by atoms with E-state index in [0.717, 1.165) is 6.07 Å². The van der Waals surface area contributed by atoms with Gasteiger partial charge in [0.15, 0.2) is 11.6 Å². The highest BCUT2D eigenvalue weighted by Crippen LogP contribution is 2.29.